The first-order valence-corrected chi connectivity index (χ1v) is 8.25. The van der Waals surface area contributed by atoms with Gasteiger partial charge in [0.25, 0.3) is 0 Å². The second-order valence-corrected chi connectivity index (χ2v) is 6.21. The predicted octanol–water partition coefficient (Wildman–Crippen LogP) is 4.47. The van der Waals surface area contributed by atoms with Gasteiger partial charge in [0, 0.05) is 24.0 Å². The number of aromatic nitrogens is 3. The van der Waals surface area contributed by atoms with E-state index in [1.54, 1.807) is 6.20 Å². The molecule has 0 fully saturated rings. The number of halogens is 1. The fourth-order valence-electron chi connectivity index (χ4n) is 2.64. The number of pyridine rings is 1. The second kappa shape index (κ2) is 6.45. The highest BCUT2D eigenvalue weighted by molar-refractivity contribution is 6.30. The topological polar surface area (TPSA) is 79.6 Å². The highest BCUT2D eigenvalue weighted by Gasteiger charge is 2.04. The van der Waals surface area contributed by atoms with Crippen molar-refractivity contribution in [1.82, 2.24) is 15.0 Å². The summed E-state index contributed by atoms with van der Waals surface area (Å²) in [5.74, 6) is 0.726. The zero-order chi connectivity index (χ0) is 17.2. The molecule has 4 aromatic rings. The van der Waals surface area contributed by atoms with E-state index in [1.165, 1.54) is 0 Å². The Morgan fingerprint density at radius 1 is 1.04 bits per heavy atom. The molecular formula is C19H16ClN5. The molecule has 0 aliphatic heterocycles. The van der Waals surface area contributed by atoms with Crippen LogP contribution in [0.5, 0.6) is 0 Å². The molecule has 124 valence electrons. The molecule has 2 aromatic carbocycles. The Kier molecular flexibility index (Phi) is 3.99. The van der Waals surface area contributed by atoms with Crippen LogP contribution >= 0.6 is 11.6 Å². The van der Waals surface area contributed by atoms with Crippen LogP contribution in [-0.2, 0) is 6.54 Å². The van der Waals surface area contributed by atoms with Crippen LogP contribution in [0.25, 0.3) is 22.3 Å². The van der Waals surface area contributed by atoms with Gasteiger partial charge < -0.3 is 16.0 Å². The summed E-state index contributed by atoms with van der Waals surface area (Å²) in [5.41, 5.74) is 11.4. The third-order valence-electron chi connectivity index (χ3n) is 3.94. The number of fused-ring (bicyclic) bond motifs is 1. The van der Waals surface area contributed by atoms with Gasteiger partial charge in [-0.1, -0.05) is 35.9 Å². The average molecular weight is 350 g/mol. The Hall–Kier alpha value is -3.05. The number of nitrogens with zero attached hydrogens (tertiary/aromatic N) is 2. The minimum absolute atomic E-state index is 0.636. The summed E-state index contributed by atoms with van der Waals surface area (Å²) in [6, 6.07) is 17.6. The molecule has 0 amide bonds. The quantitative estimate of drug-likeness (QED) is 0.475. The van der Waals surface area contributed by atoms with Crippen LogP contribution in [0.4, 0.5) is 11.6 Å². The van der Waals surface area contributed by atoms with E-state index < -0.39 is 0 Å². The first kappa shape index (κ1) is 15.5. The van der Waals surface area contributed by atoms with Crippen molar-refractivity contribution >= 4 is 34.3 Å². The normalized spacial score (nSPS) is 10.9. The number of H-pyrrole nitrogens is 1. The van der Waals surface area contributed by atoms with Crippen molar-refractivity contribution in [1.29, 1.82) is 0 Å². The second-order valence-electron chi connectivity index (χ2n) is 5.77. The molecule has 0 saturated heterocycles. The summed E-state index contributed by atoms with van der Waals surface area (Å²) in [7, 11) is 0. The van der Waals surface area contributed by atoms with Crippen molar-refractivity contribution in [3.05, 3.63) is 71.4 Å². The SMILES string of the molecule is Nc1ccc2nc(NCc3ccc(-c4ccc(Cl)cn4)cc3)[nH]c2c1. The van der Waals surface area contributed by atoms with Crippen molar-refractivity contribution in [3.8, 4) is 11.3 Å². The van der Waals surface area contributed by atoms with Crippen molar-refractivity contribution in [3.63, 3.8) is 0 Å². The standard InChI is InChI=1S/C19H16ClN5/c20-14-5-7-16(22-11-14)13-3-1-12(2-4-13)10-23-19-24-17-8-6-15(21)9-18(17)25-19/h1-9,11H,10,21H2,(H2,23,24,25). The number of imidazole rings is 1. The number of nitrogen functional groups attached to an aromatic ring is 1. The number of nitrogens with two attached hydrogens (primary N) is 1. The van der Waals surface area contributed by atoms with Crippen molar-refractivity contribution in [2.75, 3.05) is 11.1 Å². The van der Waals surface area contributed by atoms with Gasteiger partial charge >= 0.3 is 0 Å². The van der Waals surface area contributed by atoms with E-state index in [9.17, 15) is 0 Å². The van der Waals surface area contributed by atoms with Gasteiger partial charge in [-0.05, 0) is 35.9 Å². The number of hydrogen-bond donors (Lipinski definition) is 3. The monoisotopic (exact) mass is 349 g/mol. The predicted molar refractivity (Wildman–Crippen MR) is 103 cm³/mol. The summed E-state index contributed by atoms with van der Waals surface area (Å²) in [4.78, 5) is 12.1. The van der Waals surface area contributed by atoms with Gasteiger partial charge in [-0.2, -0.15) is 0 Å². The van der Waals surface area contributed by atoms with E-state index >= 15 is 0 Å². The van der Waals surface area contributed by atoms with Crippen LogP contribution in [0, 0.1) is 0 Å². The smallest absolute Gasteiger partial charge is 0.201 e. The summed E-state index contributed by atoms with van der Waals surface area (Å²) >= 11 is 5.88. The first-order chi connectivity index (χ1) is 12.2. The van der Waals surface area contributed by atoms with Crippen molar-refractivity contribution in [2.24, 2.45) is 0 Å². The lowest BCUT2D eigenvalue weighted by molar-refractivity contribution is 1.10. The van der Waals surface area contributed by atoms with Crippen molar-refractivity contribution in [2.45, 2.75) is 6.54 Å². The number of hydrogen-bond acceptors (Lipinski definition) is 4. The van der Waals surface area contributed by atoms with E-state index in [4.69, 9.17) is 17.3 Å². The highest BCUT2D eigenvalue weighted by atomic mass is 35.5. The molecule has 0 radical (unpaired) electrons. The molecule has 0 aliphatic rings. The molecule has 2 heterocycles. The largest absolute Gasteiger partial charge is 0.399 e. The van der Waals surface area contributed by atoms with E-state index in [0.29, 0.717) is 17.3 Å². The third kappa shape index (κ3) is 3.41. The van der Waals surface area contributed by atoms with Gasteiger partial charge in [0.15, 0.2) is 0 Å². The molecule has 0 aliphatic carbocycles. The molecule has 2 aromatic heterocycles. The fraction of sp³-hybridized carbons (Fsp3) is 0.0526. The lowest BCUT2D eigenvalue weighted by atomic mass is 10.1. The summed E-state index contributed by atoms with van der Waals surface area (Å²) in [6.45, 7) is 0.670. The highest BCUT2D eigenvalue weighted by Crippen LogP contribution is 2.20. The van der Waals surface area contributed by atoms with Crippen LogP contribution in [0.2, 0.25) is 5.02 Å². The zero-order valence-electron chi connectivity index (χ0n) is 13.3. The maximum Gasteiger partial charge on any atom is 0.201 e. The summed E-state index contributed by atoms with van der Waals surface area (Å²) < 4.78 is 0. The van der Waals surface area contributed by atoms with Gasteiger partial charge in [-0.15, -0.1) is 0 Å². The molecule has 4 rings (SSSR count). The van der Waals surface area contributed by atoms with Crippen LogP contribution in [0.15, 0.2) is 60.8 Å². The molecule has 6 heteroatoms. The Bertz CT molecular complexity index is 1010. The van der Waals surface area contributed by atoms with E-state index in [-0.39, 0.29) is 0 Å². The van der Waals surface area contributed by atoms with Gasteiger partial charge in [-0.3, -0.25) is 4.98 Å². The molecular weight excluding hydrogens is 334 g/mol. The molecule has 0 unspecified atom stereocenters. The molecule has 0 spiro atoms. The molecule has 25 heavy (non-hydrogen) atoms. The average Bonchev–Trinajstić information content (AvgIpc) is 3.03. The number of nitrogens with one attached hydrogen (secondary N) is 2. The van der Waals surface area contributed by atoms with Crippen molar-refractivity contribution < 1.29 is 0 Å². The third-order valence-corrected chi connectivity index (χ3v) is 4.17. The van der Waals surface area contributed by atoms with E-state index in [1.807, 2.05) is 42.5 Å². The molecule has 0 atom stereocenters. The van der Waals surface area contributed by atoms with Crippen LogP contribution in [0.1, 0.15) is 5.56 Å². The fourth-order valence-corrected chi connectivity index (χ4v) is 2.75. The van der Waals surface area contributed by atoms with E-state index in [0.717, 1.165) is 33.8 Å². The van der Waals surface area contributed by atoms with Gasteiger partial charge in [0.05, 0.1) is 21.7 Å². The zero-order valence-corrected chi connectivity index (χ0v) is 14.1. The van der Waals surface area contributed by atoms with Gasteiger partial charge in [-0.25, -0.2) is 4.98 Å². The minimum Gasteiger partial charge on any atom is -0.399 e. The lowest BCUT2D eigenvalue weighted by Gasteiger charge is -2.05. The number of benzene rings is 2. The molecule has 0 bridgehead atoms. The van der Waals surface area contributed by atoms with Crippen LogP contribution < -0.4 is 11.1 Å². The summed E-state index contributed by atoms with van der Waals surface area (Å²) in [5, 5.41) is 3.93. The number of rotatable bonds is 4. The van der Waals surface area contributed by atoms with Crippen LogP contribution in [0.3, 0.4) is 0 Å². The Morgan fingerprint density at radius 3 is 2.64 bits per heavy atom. The molecule has 5 nitrogen and oxygen atoms in total. The minimum atomic E-state index is 0.636. The Labute approximate surface area is 149 Å². The molecule has 0 saturated carbocycles. The Morgan fingerprint density at radius 2 is 1.88 bits per heavy atom. The first-order valence-electron chi connectivity index (χ1n) is 7.87. The Balaban J connectivity index is 1.46. The number of anilines is 2. The maximum atomic E-state index is 5.88. The maximum absolute atomic E-state index is 5.88. The number of aromatic amines is 1. The summed E-state index contributed by atoms with van der Waals surface area (Å²) in [6.07, 6.45) is 1.65. The van der Waals surface area contributed by atoms with Gasteiger partial charge in [0.2, 0.25) is 5.95 Å². The lowest BCUT2D eigenvalue weighted by Crippen LogP contribution is -2.00. The van der Waals surface area contributed by atoms with Crippen LogP contribution in [-0.4, -0.2) is 15.0 Å². The van der Waals surface area contributed by atoms with Gasteiger partial charge in [0.1, 0.15) is 0 Å². The molecule has 4 N–H and O–H groups in total. The van der Waals surface area contributed by atoms with E-state index in [2.05, 4.69) is 32.4 Å².